The lowest BCUT2D eigenvalue weighted by Gasteiger charge is -2.15. The van der Waals surface area contributed by atoms with E-state index in [0.717, 1.165) is 53.8 Å². The number of aryl methyl sites for hydroxylation is 2. The van der Waals surface area contributed by atoms with E-state index in [-0.39, 0.29) is 5.97 Å². The quantitative estimate of drug-likeness (QED) is 0.198. The average Bonchev–Trinajstić information content (AvgIpc) is 3.68. The number of carbonyl (C=O) groups is 1. The van der Waals surface area contributed by atoms with E-state index in [9.17, 15) is 4.79 Å². The average molecular weight is 527 g/mol. The van der Waals surface area contributed by atoms with Gasteiger partial charge >= 0.3 is 5.97 Å². The van der Waals surface area contributed by atoms with Crippen LogP contribution in [0.25, 0.3) is 22.3 Å². The number of rotatable bonds is 10. The third kappa shape index (κ3) is 5.56. The van der Waals surface area contributed by atoms with Gasteiger partial charge in [0.05, 0.1) is 18.2 Å². The van der Waals surface area contributed by atoms with E-state index in [1.165, 1.54) is 22.4 Å². The standard InChI is InChI=1S/C33H35ClN2O2/c1-4-38-32(37)33(19-20-33)28-15-13-26(14-16-28)25-9-11-27(12-10-25)30-22-35-36(3)31(30)21-23(2)5-6-24-7-17-29(34)18-8-24/h7-18,22-23H,4-6,19-21H2,1-3H3. The topological polar surface area (TPSA) is 44.1 Å². The Balaban J connectivity index is 1.26. The highest BCUT2D eigenvalue weighted by atomic mass is 35.5. The smallest absolute Gasteiger partial charge is 0.316 e. The molecule has 0 amide bonds. The molecule has 1 aliphatic carbocycles. The van der Waals surface area contributed by atoms with E-state index in [1.54, 1.807) is 0 Å². The summed E-state index contributed by atoms with van der Waals surface area (Å²) in [4.78, 5) is 12.4. The number of esters is 1. The van der Waals surface area contributed by atoms with Crippen LogP contribution in [-0.2, 0) is 34.8 Å². The molecule has 1 unspecified atom stereocenters. The molecule has 1 fully saturated rings. The van der Waals surface area contributed by atoms with Crippen molar-refractivity contribution in [3.05, 3.63) is 101 Å². The molecule has 1 aliphatic rings. The number of halogens is 1. The molecule has 4 aromatic rings. The minimum atomic E-state index is -0.430. The van der Waals surface area contributed by atoms with E-state index >= 15 is 0 Å². The maximum absolute atomic E-state index is 12.4. The number of nitrogens with zero attached hydrogens (tertiary/aromatic N) is 2. The summed E-state index contributed by atoms with van der Waals surface area (Å²) in [5, 5.41) is 5.37. The molecule has 196 valence electrons. The molecule has 1 aromatic heterocycles. The lowest BCUT2D eigenvalue weighted by molar-refractivity contribution is -0.146. The molecule has 0 saturated heterocycles. The van der Waals surface area contributed by atoms with Gasteiger partial charge in [0.15, 0.2) is 0 Å². The summed E-state index contributed by atoms with van der Waals surface area (Å²) in [6.45, 7) is 4.60. The fraction of sp³-hybridized carbons (Fsp3) is 0.333. The molecule has 3 aromatic carbocycles. The highest BCUT2D eigenvalue weighted by molar-refractivity contribution is 6.30. The summed E-state index contributed by atoms with van der Waals surface area (Å²) < 4.78 is 7.33. The molecular weight excluding hydrogens is 492 g/mol. The molecule has 38 heavy (non-hydrogen) atoms. The van der Waals surface area contributed by atoms with Crippen LogP contribution in [0.2, 0.25) is 5.02 Å². The third-order valence-electron chi connectivity index (χ3n) is 7.83. The maximum atomic E-state index is 12.4. The van der Waals surface area contributed by atoms with Gasteiger partial charge in [0.1, 0.15) is 0 Å². The summed E-state index contributed by atoms with van der Waals surface area (Å²) in [5.74, 6) is 0.436. The summed E-state index contributed by atoms with van der Waals surface area (Å²) in [7, 11) is 2.03. The van der Waals surface area contributed by atoms with E-state index in [0.29, 0.717) is 12.5 Å². The zero-order valence-electron chi connectivity index (χ0n) is 22.4. The lowest BCUT2D eigenvalue weighted by Crippen LogP contribution is -2.23. The van der Waals surface area contributed by atoms with Crippen LogP contribution in [0.3, 0.4) is 0 Å². The molecule has 1 heterocycles. The Hall–Kier alpha value is -3.37. The predicted molar refractivity (Wildman–Crippen MR) is 154 cm³/mol. The molecule has 0 N–H and O–H groups in total. The molecule has 1 saturated carbocycles. The fourth-order valence-corrected chi connectivity index (χ4v) is 5.40. The van der Waals surface area contributed by atoms with Crippen LogP contribution in [0.5, 0.6) is 0 Å². The van der Waals surface area contributed by atoms with Gasteiger partial charge in [-0.2, -0.15) is 5.10 Å². The Morgan fingerprint density at radius 1 is 0.974 bits per heavy atom. The molecule has 0 bridgehead atoms. The first-order valence-electron chi connectivity index (χ1n) is 13.5. The molecule has 1 atom stereocenters. The van der Waals surface area contributed by atoms with Crippen molar-refractivity contribution in [2.75, 3.05) is 6.61 Å². The van der Waals surface area contributed by atoms with Gasteiger partial charge in [-0.25, -0.2) is 0 Å². The van der Waals surface area contributed by atoms with Gasteiger partial charge in [-0.15, -0.1) is 0 Å². The molecule has 5 rings (SSSR count). The van der Waals surface area contributed by atoms with Crippen molar-refractivity contribution in [3.63, 3.8) is 0 Å². The Bertz CT molecular complexity index is 1380. The van der Waals surface area contributed by atoms with Crippen molar-refractivity contribution < 1.29 is 9.53 Å². The fourth-order valence-electron chi connectivity index (χ4n) is 5.27. The van der Waals surface area contributed by atoms with Crippen molar-refractivity contribution in [1.29, 1.82) is 0 Å². The van der Waals surface area contributed by atoms with Gasteiger partial charge < -0.3 is 4.74 Å². The summed E-state index contributed by atoms with van der Waals surface area (Å²) in [6.07, 6.45) is 6.85. The number of carbonyl (C=O) groups excluding carboxylic acids is 1. The Morgan fingerprint density at radius 2 is 1.58 bits per heavy atom. The number of benzene rings is 3. The van der Waals surface area contributed by atoms with E-state index in [4.69, 9.17) is 16.3 Å². The van der Waals surface area contributed by atoms with Crippen LogP contribution in [-0.4, -0.2) is 22.4 Å². The van der Waals surface area contributed by atoms with Gasteiger partial charge in [0, 0.05) is 23.3 Å². The monoisotopic (exact) mass is 526 g/mol. The largest absolute Gasteiger partial charge is 0.465 e. The molecule has 4 nitrogen and oxygen atoms in total. The lowest BCUT2D eigenvalue weighted by atomic mass is 9.92. The number of hydrogen-bond donors (Lipinski definition) is 0. The van der Waals surface area contributed by atoms with Gasteiger partial charge in [-0.1, -0.05) is 79.2 Å². The molecule has 0 spiro atoms. The van der Waals surface area contributed by atoms with Crippen LogP contribution in [0.4, 0.5) is 0 Å². The first-order valence-corrected chi connectivity index (χ1v) is 13.9. The minimum Gasteiger partial charge on any atom is -0.465 e. The molecule has 0 aliphatic heterocycles. The highest BCUT2D eigenvalue weighted by Gasteiger charge is 2.52. The maximum Gasteiger partial charge on any atom is 0.316 e. The number of aromatic nitrogens is 2. The van der Waals surface area contributed by atoms with Crippen molar-refractivity contribution in [3.8, 4) is 22.3 Å². The van der Waals surface area contributed by atoms with E-state index in [2.05, 4.69) is 72.7 Å². The first-order chi connectivity index (χ1) is 18.4. The van der Waals surface area contributed by atoms with Crippen LogP contribution in [0.1, 0.15) is 49.9 Å². The zero-order chi connectivity index (χ0) is 26.7. The number of hydrogen-bond acceptors (Lipinski definition) is 3. The summed E-state index contributed by atoms with van der Waals surface area (Å²) in [6, 6.07) is 25.3. The van der Waals surface area contributed by atoms with Crippen molar-refractivity contribution >= 4 is 17.6 Å². The molecular formula is C33H35ClN2O2. The second-order valence-corrected chi connectivity index (χ2v) is 11.0. The van der Waals surface area contributed by atoms with E-state index < -0.39 is 5.41 Å². The third-order valence-corrected chi connectivity index (χ3v) is 8.08. The SMILES string of the molecule is CCOC(=O)C1(c2ccc(-c3ccc(-c4cnn(C)c4CC(C)CCc4ccc(Cl)cc4)cc3)cc2)CC1. The summed E-state index contributed by atoms with van der Waals surface area (Å²) in [5.41, 5.74) is 7.88. The zero-order valence-corrected chi connectivity index (χ0v) is 23.2. The van der Waals surface area contributed by atoms with E-state index in [1.807, 2.05) is 37.0 Å². The predicted octanol–water partition coefficient (Wildman–Crippen LogP) is 7.81. The number of ether oxygens (including phenoxy) is 1. The second-order valence-electron chi connectivity index (χ2n) is 10.6. The van der Waals surface area contributed by atoms with Crippen molar-refractivity contribution in [2.45, 2.75) is 51.4 Å². The molecule has 0 radical (unpaired) electrons. The Morgan fingerprint density at radius 3 is 2.18 bits per heavy atom. The van der Waals surface area contributed by atoms with Crippen LogP contribution in [0, 0.1) is 5.92 Å². The highest BCUT2D eigenvalue weighted by Crippen LogP contribution is 2.49. The van der Waals surface area contributed by atoms with Gasteiger partial charge in [-0.05, 0) is 84.9 Å². The molecule has 5 heteroatoms. The van der Waals surface area contributed by atoms with Gasteiger partial charge in [0.2, 0.25) is 0 Å². The summed E-state index contributed by atoms with van der Waals surface area (Å²) >= 11 is 6.03. The van der Waals surface area contributed by atoms with Crippen LogP contribution in [0.15, 0.2) is 79.0 Å². The Kier molecular flexibility index (Phi) is 7.71. The van der Waals surface area contributed by atoms with Crippen molar-refractivity contribution in [2.24, 2.45) is 13.0 Å². The van der Waals surface area contributed by atoms with Gasteiger partial charge in [-0.3, -0.25) is 9.48 Å². The normalized spacial score (nSPS) is 14.7. The second kappa shape index (κ2) is 11.2. The van der Waals surface area contributed by atoms with Crippen molar-refractivity contribution in [1.82, 2.24) is 9.78 Å². The first kappa shape index (κ1) is 26.2. The minimum absolute atomic E-state index is 0.0938. The Labute approximate surface area is 230 Å². The van der Waals surface area contributed by atoms with Crippen LogP contribution < -0.4 is 0 Å². The van der Waals surface area contributed by atoms with Crippen LogP contribution >= 0.6 is 11.6 Å². The van der Waals surface area contributed by atoms with Gasteiger partial charge in [0.25, 0.3) is 0 Å².